The van der Waals surface area contributed by atoms with Crippen molar-refractivity contribution < 1.29 is 14.6 Å². The van der Waals surface area contributed by atoms with Gasteiger partial charge in [-0.25, -0.2) is 9.78 Å². The van der Waals surface area contributed by atoms with E-state index in [1.54, 1.807) is 6.92 Å². The maximum Gasteiger partial charge on any atom is 0.335 e. The summed E-state index contributed by atoms with van der Waals surface area (Å²) in [6.07, 6.45) is 3.83. The Balaban J connectivity index is 2.37. The number of rotatable bonds is 4. The Morgan fingerprint density at radius 3 is 2.75 bits per heavy atom. The van der Waals surface area contributed by atoms with Crippen LogP contribution in [0.1, 0.15) is 28.5 Å². The molecular formula is C16H15NO3. The van der Waals surface area contributed by atoms with Crippen molar-refractivity contribution in [2.24, 2.45) is 0 Å². The van der Waals surface area contributed by atoms with E-state index in [0.29, 0.717) is 11.4 Å². The van der Waals surface area contributed by atoms with E-state index in [4.69, 9.17) is 9.84 Å². The highest BCUT2D eigenvalue weighted by Crippen LogP contribution is 2.26. The lowest BCUT2D eigenvalue weighted by Crippen LogP contribution is -2.00. The van der Waals surface area contributed by atoms with Crippen molar-refractivity contribution in [1.29, 1.82) is 0 Å². The number of aromatic carboxylic acids is 1. The van der Waals surface area contributed by atoms with Crippen molar-refractivity contribution >= 4 is 12.0 Å². The quantitative estimate of drug-likeness (QED) is 0.914. The van der Waals surface area contributed by atoms with Crippen LogP contribution < -0.4 is 4.74 Å². The number of allylic oxidation sites excluding steroid dienone is 1. The van der Waals surface area contributed by atoms with Gasteiger partial charge < -0.3 is 9.84 Å². The van der Waals surface area contributed by atoms with E-state index in [0.717, 1.165) is 5.56 Å². The SMILES string of the molecule is C/C=C/c1ccccc1Oc1cc(C(=O)O)cc(C)n1. The van der Waals surface area contributed by atoms with Gasteiger partial charge in [0, 0.05) is 17.3 Å². The van der Waals surface area contributed by atoms with E-state index in [1.165, 1.54) is 12.1 Å². The molecule has 0 aliphatic rings. The third-order valence-electron chi connectivity index (χ3n) is 2.66. The van der Waals surface area contributed by atoms with Gasteiger partial charge in [-0.2, -0.15) is 0 Å². The summed E-state index contributed by atoms with van der Waals surface area (Å²) in [5.74, 6) is -0.0820. The number of carbonyl (C=O) groups is 1. The Hall–Kier alpha value is -2.62. The number of carboxylic acid groups (broad SMARTS) is 1. The summed E-state index contributed by atoms with van der Waals surface area (Å²) in [4.78, 5) is 15.2. The molecule has 0 atom stereocenters. The van der Waals surface area contributed by atoms with Gasteiger partial charge in [0.25, 0.3) is 0 Å². The Kier molecular flexibility index (Phi) is 4.15. The number of aromatic nitrogens is 1. The molecule has 0 amide bonds. The number of hydrogen-bond donors (Lipinski definition) is 1. The topological polar surface area (TPSA) is 59.4 Å². The standard InChI is InChI=1S/C16H15NO3/c1-3-6-12-7-4-5-8-14(12)20-15-10-13(16(18)19)9-11(2)17-15/h3-10H,1-2H3,(H,18,19)/b6-3+. The van der Waals surface area contributed by atoms with Crippen LogP contribution >= 0.6 is 0 Å². The van der Waals surface area contributed by atoms with Gasteiger partial charge in [-0.1, -0.05) is 30.4 Å². The molecule has 0 saturated carbocycles. The zero-order chi connectivity index (χ0) is 14.5. The number of pyridine rings is 1. The summed E-state index contributed by atoms with van der Waals surface area (Å²) in [6, 6.07) is 10.4. The fourth-order valence-electron chi connectivity index (χ4n) is 1.82. The minimum absolute atomic E-state index is 0.163. The third kappa shape index (κ3) is 3.23. The van der Waals surface area contributed by atoms with E-state index in [9.17, 15) is 4.79 Å². The molecule has 0 radical (unpaired) electrons. The van der Waals surface area contributed by atoms with E-state index >= 15 is 0 Å². The molecule has 0 bridgehead atoms. The van der Waals surface area contributed by atoms with Crippen LogP contribution in [0.15, 0.2) is 42.5 Å². The summed E-state index contributed by atoms with van der Waals surface area (Å²) in [7, 11) is 0. The van der Waals surface area contributed by atoms with Crippen LogP contribution in [-0.2, 0) is 0 Å². The van der Waals surface area contributed by atoms with Gasteiger partial charge >= 0.3 is 5.97 Å². The smallest absolute Gasteiger partial charge is 0.335 e. The van der Waals surface area contributed by atoms with E-state index in [2.05, 4.69) is 4.98 Å². The monoisotopic (exact) mass is 269 g/mol. The predicted octanol–water partition coefficient (Wildman–Crippen LogP) is 3.91. The van der Waals surface area contributed by atoms with Crippen LogP contribution in [0.3, 0.4) is 0 Å². The molecule has 2 aromatic rings. The molecule has 2 rings (SSSR count). The largest absolute Gasteiger partial charge is 0.478 e. The molecule has 102 valence electrons. The molecular weight excluding hydrogens is 254 g/mol. The van der Waals surface area contributed by atoms with E-state index in [1.807, 2.05) is 43.3 Å². The molecule has 1 aromatic heterocycles. The van der Waals surface area contributed by atoms with Crippen molar-refractivity contribution in [2.75, 3.05) is 0 Å². The molecule has 20 heavy (non-hydrogen) atoms. The molecule has 1 N–H and O–H groups in total. The van der Waals surface area contributed by atoms with Crippen molar-refractivity contribution in [3.63, 3.8) is 0 Å². The summed E-state index contributed by atoms with van der Waals surface area (Å²) in [5.41, 5.74) is 1.68. The van der Waals surface area contributed by atoms with Gasteiger partial charge in [0.05, 0.1) is 5.56 Å². The second-order valence-electron chi connectivity index (χ2n) is 4.28. The normalized spacial score (nSPS) is 10.7. The average Bonchev–Trinajstić information content (AvgIpc) is 2.40. The van der Waals surface area contributed by atoms with Gasteiger partial charge in [0.2, 0.25) is 5.88 Å². The Morgan fingerprint density at radius 2 is 2.05 bits per heavy atom. The molecule has 0 spiro atoms. The van der Waals surface area contributed by atoms with Gasteiger partial charge in [0.15, 0.2) is 0 Å². The second kappa shape index (κ2) is 6.02. The van der Waals surface area contributed by atoms with Gasteiger partial charge in [-0.15, -0.1) is 0 Å². The molecule has 0 saturated heterocycles. The van der Waals surface area contributed by atoms with Crippen LogP contribution in [0.5, 0.6) is 11.6 Å². The van der Waals surface area contributed by atoms with Crippen molar-refractivity contribution in [2.45, 2.75) is 13.8 Å². The highest BCUT2D eigenvalue weighted by atomic mass is 16.5. The minimum atomic E-state index is -0.998. The summed E-state index contributed by atoms with van der Waals surface area (Å²) in [5, 5.41) is 9.04. The average molecular weight is 269 g/mol. The number of benzene rings is 1. The first-order valence-corrected chi connectivity index (χ1v) is 6.21. The lowest BCUT2D eigenvalue weighted by Gasteiger charge is -2.09. The number of hydrogen-bond acceptors (Lipinski definition) is 3. The zero-order valence-electron chi connectivity index (χ0n) is 11.3. The Morgan fingerprint density at radius 1 is 1.30 bits per heavy atom. The molecule has 0 unspecified atom stereocenters. The predicted molar refractivity (Wildman–Crippen MR) is 77.2 cm³/mol. The highest BCUT2D eigenvalue weighted by Gasteiger charge is 2.09. The molecule has 0 aliphatic carbocycles. The summed E-state index contributed by atoms with van der Waals surface area (Å²) >= 11 is 0. The minimum Gasteiger partial charge on any atom is -0.478 e. The lowest BCUT2D eigenvalue weighted by atomic mass is 10.2. The molecule has 4 nitrogen and oxygen atoms in total. The number of para-hydroxylation sites is 1. The zero-order valence-corrected chi connectivity index (χ0v) is 11.3. The number of nitrogens with zero attached hydrogens (tertiary/aromatic N) is 1. The van der Waals surface area contributed by atoms with Crippen molar-refractivity contribution in [3.05, 3.63) is 59.3 Å². The number of carboxylic acids is 1. The Bertz CT molecular complexity index is 663. The third-order valence-corrected chi connectivity index (χ3v) is 2.66. The molecule has 0 fully saturated rings. The molecule has 4 heteroatoms. The fourth-order valence-corrected chi connectivity index (χ4v) is 1.82. The second-order valence-corrected chi connectivity index (χ2v) is 4.28. The van der Waals surface area contributed by atoms with Crippen LogP contribution in [0.4, 0.5) is 0 Å². The van der Waals surface area contributed by atoms with Crippen LogP contribution in [0, 0.1) is 6.92 Å². The van der Waals surface area contributed by atoms with Crippen LogP contribution in [-0.4, -0.2) is 16.1 Å². The first-order chi connectivity index (χ1) is 9.60. The van der Waals surface area contributed by atoms with E-state index < -0.39 is 5.97 Å². The van der Waals surface area contributed by atoms with Gasteiger partial charge in [-0.05, 0) is 26.0 Å². The molecule has 1 aromatic carbocycles. The van der Waals surface area contributed by atoms with Crippen molar-refractivity contribution in [3.8, 4) is 11.6 Å². The number of ether oxygens (including phenoxy) is 1. The maximum absolute atomic E-state index is 11.0. The van der Waals surface area contributed by atoms with Crippen LogP contribution in [0.2, 0.25) is 0 Å². The molecule has 0 aliphatic heterocycles. The number of aryl methyl sites for hydroxylation is 1. The van der Waals surface area contributed by atoms with E-state index in [-0.39, 0.29) is 11.4 Å². The lowest BCUT2D eigenvalue weighted by molar-refractivity contribution is 0.0696. The van der Waals surface area contributed by atoms with Crippen molar-refractivity contribution in [1.82, 2.24) is 4.98 Å². The summed E-state index contributed by atoms with van der Waals surface area (Å²) < 4.78 is 5.71. The van der Waals surface area contributed by atoms with Crippen LogP contribution in [0.25, 0.3) is 6.08 Å². The fraction of sp³-hybridized carbons (Fsp3) is 0.125. The summed E-state index contributed by atoms with van der Waals surface area (Å²) in [6.45, 7) is 3.65. The first-order valence-electron chi connectivity index (χ1n) is 6.21. The highest BCUT2D eigenvalue weighted by molar-refractivity contribution is 5.88. The Labute approximate surface area is 117 Å². The molecule has 1 heterocycles. The van der Waals surface area contributed by atoms with Gasteiger partial charge in [-0.3, -0.25) is 0 Å². The first kappa shape index (κ1) is 13.8. The maximum atomic E-state index is 11.0. The van der Waals surface area contributed by atoms with Gasteiger partial charge in [0.1, 0.15) is 5.75 Å².